The van der Waals surface area contributed by atoms with E-state index in [1.807, 2.05) is 0 Å². The molecule has 0 fully saturated rings. The first kappa shape index (κ1) is 18.3. The van der Waals surface area contributed by atoms with Gasteiger partial charge in [0, 0.05) is 17.8 Å². The first-order chi connectivity index (χ1) is 11.5. The molecule has 0 aliphatic rings. The van der Waals surface area contributed by atoms with E-state index in [4.69, 9.17) is 43.1 Å². The summed E-state index contributed by atoms with van der Waals surface area (Å²) in [4.78, 5) is 15.4. The third-order valence-corrected chi connectivity index (χ3v) is 3.56. The van der Waals surface area contributed by atoms with Gasteiger partial charge in [-0.05, 0) is 36.8 Å². The van der Waals surface area contributed by atoms with Gasteiger partial charge in [-0.1, -0.05) is 23.2 Å². The number of pyridine rings is 1. The second kappa shape index (κ2) is 8.73. The Hall–Kier alpha value is -2.02. The predicted molar refractivity (Wildman–Crippen MR) is 90.8 cm³/mol. The average molecular weight is 371 g/mol. The highest BCUT2D eigenvalue weighted by molar-refractivity contribution is 6.36. The summed E-state index contributed by atoms with van der Waals surface area (Å²) in [6, 6.07) is 6.50. The molecule has 0 unspecified atom stereocenters. The molecule has 0 bridgehead atoms. The van der Waals surface area contributed by atoms with Crippen LogP contribution < -0.4 is 15.2 Å². The fraction of sp³-hybridized carbons (Fsp3) is 0.250. The highest BCUT2D eigenvalue weighted by Gasteiger charge is 2.14. The number of nitrogens with zero attached hydrogens (tertiary/aromatic N) is 1. The maximum absolute atomic E-state index is 11.4. The highest BCUT2D eigenvalue weighted by atomic mass is 35.5. The van der Waals surface area contributed by atoms with Crippen molar-refractivity contribution >= 4 is 29.2 Å². The molecule has 0 radical (unpaired) electrons. The van der Waals surface area contributed by atoms with Crippen LogP contribution in [0.2, 0.25) is 10.0 Å². The van der Waals surface area contributed by atoms with Gasteiger partial charge < -0.3 is 19.9 Å². The predicted octanol–water partition coefficient (Wildman–Crippen LogP) is 3.58. The number of rotatable bonds is 7. The maximum Gasteiger partial charge on any atom is 0.344 e. The normalized spacial score (nSPS) is 10.3. The fourth-order valence-corrected chi connectivity index (χ4v) is 2.32. The van der Waals surface area contributed by atoms with Crippen LogP contribution in [-0.4, -0.2) is 24.2 Å². The van der Waals surface area contributed by atoms with Crippen LogP contribution in [0.3, 0.4) is 0 Å². The van der Waals surface area contributed by atoms with E-state index in [-0.39, 0.29) is 25.6 Å². The minimum absolute atomic E-state index is 0.144. The molecule has 0 saturated heterocycles. The number of benzene rings is 1. The summed E-state index contributed by atoms with van der Waals surface area (Å²) in [6.45, 7) is 1.95. The van der Waals surface area contributed by atoms with E-state index < -0.39 is 5.97 Å². The van der Waals surface area contributed by atoms with Crippen LogP contribution in [0.1, 0.15) is 12.5 Å². The van der Waals surface area contributed by atoms with Gasteiger partial charge in [0.05, 0.1) is 11.6 Å². The van der Waals surface area contributed by atoms with Crippen LogP contribution in [0.5, 0.6) is 17.4 Å². The summed E-state index contributed by atoms with van der Waals surface area (Å²) in [5.41, 5.74) is 6.32. The Morgan fingerprint density at radius 2 is 2.04 bits per heavy atom. The van der Waals surface area contributed by atoms with E-state index in [0.717, 1.165) is 0 Å². The molecule has 0 aliphatic carbocycles. The van der Waals surface area contributed by atoms with Gasteiger partial charge in [-0.3, -0.25) is 0 Å². The molecule has 1 heterocycles. The second-order valence-electron chi connectivity index (χ2n) is 4.58. The Balaban J connectivity index is 2.20. The molecule has 0 aliphatic heterocycles. The van der Waals surface area contributed by atoms with Crippen molar-refractivity contribution in [1.82, 2.24) is 4.98 Å². The average Bonchev–Trinajstić information content (AvgIpc) is 2.56. The van der Waals surface area contributed by atoms with Crippen LogP contribution in [0.4, 0.5) is 0 Å². The van der Waals surface area contributed by atoms with E-state index in [2.05, 4.69) is 4.98 Å². The zero-order valence-corrected chi connectivity index (χ0v) is 14.4. The number of carbonyl (C=O) groups excluding carboxylic acids is 1. The summed E-state index contributed by atoms with van der Waals surface area (Å²) in [7, 11) is 0. The summed E-state index contributed by atoms with van der Waals surface area (Å²) in [5, 5.41) is 0.775. The smallest absolute Gasteiger partial charge is 0.344 e. The van der Waals surface area contributed by atoms with Crippen molar-refractivity contribution in [2.75, 3.05) is 13.2 Å². The van der Waals surface area contributed by atoms with E-state index in [1.165, 1.54) is 6.20 Å². The molecule has 0 spiro atoms. The van der Waals surface area contributed by atoms with Crippen molar-refractivity contribution in [2.45, 2.75) is 13.5 Å². The van der Waals surface area contributed by atoms with Gasteiger partial charge in [-0.25, -0.2) is 9.78 Å². The molecule has 0 saturated carbocycles. The van der Waals surface area contributed by atoms with Gasteiger partial charge in [-0.15, -0.1) is 0 Å². The van der Waals surface area contributed by atoms with E-state index in [1.54, 1.807) is 31.2 Å². The quantitative estimate of drug-likeness (QED) is 0.749. The molecular formula is C16H16Cl2N2O4. The Morgan fingerprint density at radius 1 is 1.25 bits per heavy atom. The van der Waals surface area contributed by atoms with E-state index in [0.29, 0.717) is 27.1 Å². The Morgan fingerprint density at radius 3 is 2.75 bits per heavy atom. The number of halogens is 2. The zero-order chi connectivity index (χ0) is 17.5. The van der Waals surface area contributed by atoms with E-state index >= 15 is 0 Å². The molecule has 0 amide bonds. The van der Waals surface area contributed by atoms with Crippen molar-refractivity contribution in [3.63, 3.8) is 0 Å². The van der Waals surface area contributed by atoms with Crippen LogP contribution in [-0.2, 0) is 16.1 Å². The van der Waals surface area contributed by atoms with Crippen molar-refractivity contribution in [2.24, 2.45) is 5.73 Å². The summed E-state index contributed by atoms with van der Waals surface area (Å²) >= 11 is 12.2. The van der Waals surface area contributed by atoms with Gasteiger partial charge in [-0.2, -0.15) is 0 Å². The molecule has 1 aromatic heterocycles. The van der Waals surface area contributed by atoms with Gasteiger partial charge in [0.1, 0.15) is 5.75 Å². The molecule has 8 heteroatoms. The zero-order valence-electron chi connectivity index (χ0n) is 12.9. The van der Waals surface area contributed by atoms with Gasteiger partial charge in [0.15, 0.2) is 12.4 Å². The summed E-state index contributed by atoms with van der Waals surface area (Å²) < 4.78 is 15.9. The van der Waals surface area contributed by atoms with Crippen molar-refractivity contribution in [3.8, 4) is 17.4 Å². The molecule has 1 aromatic carbocycles. The first-order valence-corrected chi connectivity index (χ1v) is 7.90. The van der Waals surface area contributed by atoms with Gasteiger partial charge >= 0.3 is 5.97 Å². The van der Waals surface area contributed by atoms with E-state index in [9.17, 15) is 4.79 Å². The molecular weight excluding hydrogens is 355 g/mol. The number of nitrogens with two attached hydrogens (primary N) is 1. The van der Waals surface area contributed by atoms with Crippen LogP contribution in [0.25, 0.3) is 0 Å². The summed E-state index contributed by atoms with van der Waals surface area (Å²) in [5.74, 6) is 0.305. The molecule has 24 heavy (non-hydrogen) atoms. The Labute approximate surface area is 149 Å². The number of hydrogen-bond acceptors (Lipinski definition) is 6. The maximum atomic E-state index is 11.4. The highest BCUT2D eigenvalue weighted by Crippen LogP contribution is 2.36. The topological polar surface area (TPSA) is 83.7 Å². The Kier molecular flexibility index (Phi) is 6.66. The molecule has 2 aromatic rings. The largest absolute Gasteiger partial charge is 0.463 e. The number of ether oxygens (including phenoxy) is 3. The van der Waals surface area contributed by atoms with Crippen molar-refractivity contribution < 1.29 is 19.0 Å². The monoisotopic (exact) mass is 370 g/mol. The van der Waals surface area contributed by atoms with Crippen LogP contribution in [0, 0.1) is 0 Å². The molecule has 128 valence electrons. The van der Waals surface area contributed by atoms with Crippen LogP contribution >= 0.6 is 23.2 Å². The fourth-order valence-electron chi connectivity index (χ4n) is 1.82. The lowest BCUT2D eigenvalue weighted by molar-refractivity contribution is -0.145. The standard InChI is InChI=1S/C16H16Cl2N2O4/c1-2-22-15(21)9-23-16-13(4-3-5-20-16)24-14-6-10(8-19)11(17)7-12(14)18/h3-7H,2,8-9,19H2,1H3. The summed E-state index contributed by atoms with van der Waals surface area (Å²) in [6.07, 6.45) is 1.52. The molecule has 6 nitrogen and oxygen atoms in total. The first-order valence-electron chi connectivity index (χ1n) is 7.14. The lowest BCUT2D eigenvalue weighted by Gasteiger charge is -2.13. The third-order valence-electron chi connectivity index (χ3n) is 2.91. The Bertz CT molecular complexity index is 725. The minimum Gasteiger partial charge on any atom is -0.463 e. The van der Waals surface area contributed by atoms with Gasteiger partial charge in [0.2, 0.25) is 0 Å². The number of esters is 1. The molecule has 0 atom stereocenters. The lowest BCUT2D eigenvalue weighted by atomic mass is 10.2. The minimum atomic E-state index is -0.496. The van der Waals surface area contributed by atoms with Crippen LogP contribution in [0.15, 0.2) is 30.5 Å². The molecule has 2 rings (SSSR count). The third kappa shape index (κ3) is 4.74. The number of hydrogen-bond donors (Lipinski definition) is 1. The second-order valence-corrected chi connectivity index (χ2v) is 5.40. The molecule has 2 N–H and O–H groups in total. The number of aromatic nitrogens is 1. The van der Waals surface area contributed by atoms with Crippen molar-refractivity contribution in [1.29, 1.82) is 0 Å². The van der Waals surface area contributed by atoms with Crippen molar-refractivity contribution in [3.05, 3.63) is 46.1 Å². The SMILES string of the molecule is CCOC(=O)COc1ncccc1Oc1cc(CN)c(Cl)cc1Cl. The lowest BCUT2D eigenvalue weighted by Crippen LogP contribution is -2.15. The number of carbonyl (C=O) groups is 1. The van der Waals surface area contributed by atoms with Gasteiger partial charge in [0.25, 0.3) is 5.88 Å².